The van der Waals surface area contributed by atoms with Crippen molar-refractivity contribution in [1.29, 1.82) is 0 Å². The molecule has 0 spiro atoms. The lowest BCUT2D eigenvalue weighted by Gasteiger charge is -2.36. The molecule has 0 fully saturated rings. The Balaban J connectivity index is 1.64. The maximum Gasteiger partial charge on any atom is 0.410 e. The number of sulfonamides is 1. The molecule has 5 rings (SSSR count). The zero-order valence-corrected chi connectivity index (χ0v) is 35.2. The van der Waals surface area contributed by atoms with E-state index in [1.54, 1.807) is 58.2 Å². The fourth-order valence-corrected chi connectivity index (χ4v) is 7.58. The van der Waals surface area contributed by atoms with Crippen LogP contribution in [0.5, 0.6) is 5.75 Å². The van der Waals surface area contributed by atoms with Crippen LogP contribution in [-0.2, 0) is 35.2 Å². The molecule has 0 atom stereocenters. The van der Waals surface area contributed by atoms with Crippen molar-refractivity contribution in [3.8, 4) is 17.0 Å². The molecule has 0 unspecified atom stereocenters. The molecule has 2 aliphatic rings. The molecule has 55 heavy (non-hydrogen) atoms. The van der Waals surface area contributed by atoms with Gasteiger partial charge < -0.3 is 39.3 Å². The number of nitrogens with two attached hydrogens (primary N) is 1. The largest absolute Gasteiger partial charge is 0.489 e. The number of carbonyl (C=O) groups is 2. The Morgan fingerprint density at radius 2 is 1.65 bits per heavy atom. The minimum Gasteiger partial charge on any atom is -0.489 e. The van der Waals surface area contributed by atoms with Crippen molar-refractivity contribution in [2.24, 2.45) is 0 Å². The lowest BCUT2D eigenvalue weighted by Crippen LogP contribution is -2.44. The molecular weight excluding hydrogens is 745 g/mol. The second kappa shape index (κ2) is 18.2. The number of fused-ring (bicyclic) bond motifs is 13. The van der Waals surface area contributed by atoms with Crippen molar-refractivity contribution in [2.45, 2.75) is 76.7 Å². The van der Waals surface area contributed by atoms with Crippen LogP contribution in [0.2, 0.25) is 18.1 Å². The van der Waals surface area contributed by atoms with E-state index in [0.717, 1.165) is 0 Å². The van der Waals surface area contributed by atoms with Crippen molar-refractivity contribution >= 4 is 41.8 Å². The normalized spacial score (nSPS) is 16.5. The molecular formula is C38H56N6O9SSi. The van der Waals surface area contributed by atoms with E-state index in [2.05, 4.69) is 49.1 Å². The number of para-hydroxylation sites is 1. The first-order valence-corrected chi connectivity index (χ1v) is 22.6. The van der Waals surface area contributed by atoms with Gasteiger partial charge in [-0.2, -0.15) is 4.31 Å². The fraction of sp³-hybridized carbons (Fsp3) is 0.526. The topological polar surface area (TPSA) is 185 Å². The van der Waals surface area contributed by atoms with Crippen LogP contribution in [-0.4, -0.2) is 113 Å². The minimum atomic E-state index is -3.94. The summed E-state index contributed by atoms with van der Waals surface area (Å²) in [6, 6.07) is 11.4. The number of aromatic nitrogens is 2. The van der Waals surface area contributed by atoms with Crippen molar-refractivity contribution in [3.63, 3.8) is 0 Å². The van der Waals surface area contributed by atoms with E-state index in [1.165, 1.54) is 27.5 Å². The number of hydrogen-bond acceptors (Lipinski definition) is 12. The number of nitrogens with one attached hydrogen (secondary N) is 1. The van der Waals surface area contributed by atoms with Crippen LogP contribution in [0.1, 0.15) is 57.6 Å². The van der Waals surface area contributed by atoms with Crippen LogP contribution >= 0.6 is 0 Å². The van der Waals surface area contributed by atoms with Crippen LogP contribution in [0, 0.1) is 0 Å². The van der Waals surface area contributed by atoms with Gasteiger partial charge in [0.2, 0.25) is 10.0 Å². The van der Waals surface area contributed by atoms with Gasteiger partial charge in [-0.3, -0.25) is 4.79 Å². The summed E-state index contributed by atoms with van der Waals surface area (Å²) in [4.78, 5) is 36.7. The second-order valence-electron chi connectivity index (χ2n) is 15.7. The van der Waals surface area contributed by atoms with Crippen molar-refractivity contribution < 1.29 is 41.4 Å². The number of anilines is 2. The van der Waals surface area contributed by atoms with Gasteiger partial charge in [0.05, 0.1) is 55.4 Å². The molecule has 1 aromatic heterocycles. The smallest absolute Gasteiger partial charge is 0.410 e. The molecule has 2 aromatic carbocycles. The molecule has 0 aliphatic carbocycles. The molecule has 4 bridgehead atoms. The maximum absolute atomic E-state index is 13.9. The quantitative estimate of drug-likeness (QED) is 0.227. The maximum atomic E-state index is 13.9. The van der Waals surface area contributed by atoms with E-state index in [1.807, 2.05) is 0 Å². The summed E-state index contributed by atoms with van der Waals surface area (Å²) in [5, 5.41) is 2.80. The van der Waals surface area contributed by atoms with E-state index < -0.39 is 35.9 Å². The Bertz CT molecular complexity index is 1900. The Hall–Kier alpha value is -4.13. The Morgan fingerprint density at radius 1 is 1.00 bits per heavy atom. The molecule has 15 nitrogen and oxygen atoms in total. The van der Waals surface area contributed by atoms with E-state index in [-0.39, 0.29) is 80.7 Å². The SMILES string of the molecule is CN(Cc1cccc2c1OCCOCCOCCN(CCO[Si](C)(C)C(C)(C)C)S(=O)(=O)c1ccc(cc1)-c1cnc(N)c(n1)C(=O)N2)C(=O)OC(C)(C)C. The third kappa shape index (κ3) is 11.9. The molecule has 3 heterocycles. The Labute approximate surface area is 326 Å². The predicted octanol–water partition coefficient (Wildman–Crippen LogP) is 5.78. The highest BCUT2D eigenvalue weighted by Crippen LogP contribution is 2.36. The fourth-order valence-electron chi connectivity index (χ4n) is 5.13. The van der Waals surface area contributed by atoms with Gasteiger partial charge in [-0.1, -0.05) is 45.0 Å². The Kier molecular flexibility index (Phi) is 14.4. The second-order valence-corrected chi connectivity index (χ2v) is 22.4. The molecule has 2 amide bonds. The van der Waals surface area contributed by atoms with Crippen LogP contribution in [0.25, 0.3) is 11.3 Å². The molecule has 302 valence electrons. The average Bonchev–Trinajstić information content (AvgIpc) is 3.09. The van der Waals surface area contributed by atoms with Gasteiger partial charge in [0, 0.05) is 37.9 Å². The zero-order valence-electron chi connectivity index (χ0n) is 33.4. The van der Waals surface area contributed by atoms with Crippen LogP contribution in [0.4, 0.5) is 16.3 Å². The summed E-state index contributed by atoms with van der Waals surface area (Å²) < 4.78 is 58.8. The van der Waals surface area contributed by atoms with Crippen molar-refractivity contribution in [3.05, 3.63) is 59.9 Å². The van der Waals surface area contributed by atoms with E-state index >= 15 is 0 Å². The predicted molar refractivity (Wildman–Crippen MR) is 213 cm³/mol. The van der Waals surface area contributed by atoms with Crippen LogP contribution in [0.3, 0.4) is 0 Å². The molecule has 3 N–H and O–H groups in total. The highest BCUT2D eigenvalue weighted by atomic mass is 32.2. The first-order chi connectivity index (χ1) is 25.7. The first-order valence-electron chi connectivity index (χ1n) is 18.2. The summed E-state index contributed by atoms with van der Waals surface area (Å²) in [7, 11) is -4.46. The minimum absolute atomic E-state index is 0.0327. The summed E-state index contributed by atoms with van der Waals surface area (Å²) in [6.07, 6.45) is 0.890. The molecule has 0 radical (unpaired) electrons. The van der Waals surface area contributed by atoms with Gasteiger partial charge in [-0.05, 0) is 57.1 Å². The summed E-state index contributed by atoms with van der Waals surface area (Å²) in [5.74, 6) is -0.436. The highest BCUT2D eigenvalue weighted by molar-refractivity contribution is 7.89. The summed E-state index contributed by atoms with van der Waals surface area (Å²) >= 11 is 0. The van der Waals surface area contributed by atoms with Gasteiger partial charge in [-0.25, -0.2) is 23.2 Å². The average molecular weight is 801 g/mol. The van der Waals surface area contributed by atoms with Crippen LogP contribution in [0.15, 0.2) is 53.6 Å². The lowest BCUT2D eigenvalue weighted by molar-refractivity contribution is 0.0279. The van der Waals surface area contributed by atoms with E-state index in [9.17, 15) is 18.0 Å². The number of hydrogen-bond donors (Lipinski definition) is 2. The van der Waals surface area contributed by atoms with Crippen molar-refractivity contribution in [1.82, 2.24) is 19.2 Å². The van der Waals surface area contributed by atoms with Crippen LogP contribution < -0.4 is 15.8 Å². The molecule has 0 saturated carbocycles. The van der Waals surface area contributed by atoms with Gasteiger partial charge in [-0.15, -0.1) is 0 Å². The molecule has 3 aromatic rings. The summed E-state index contributed by atoms with van der Waals surface area (Å²) in [6.45, 7) is 17.5. The van der Waals surface area contributed by atoms with Gasteiger partial charge in [0.25, 0.3) is 5.91 Å². The van der Waals surface area contributed by atoms with Gasteiger partial charge in [0.1, 0.15) is 18.0 Å². The van der Waals surface area contributed by atoms with E-state index in [4.69, 9.17) is 29.1 Å². The number of amides is 2. The number of rotatable bonds is 6. The first kappa shape index (κ1) is 43.6. The Morgan fingerprint density at radius 3 is 2.31 bits per heavy atom. The molecule has 17 heteroatoms. The highest BCUT2D eigenvalue weighted by Gasteiger charge is 2.37. The standard InChI is InChI=1S/C38H56N6O9SSi/c1-37(2,3)53-36(46)43(7)26-28-11-10-12-30-33(28)51-24-23-50-22-21-49-19-17-44(18-20-52-55(8,9)38(4,5)6)54(47,48)29-15-13-27(14-16-29)31-25-40-34(39)32(41-31)35(45)42-30/h10-16,25H,17-24,26H2,1-9H3,(H2,39,40)(H,42,45). The third-order valence-electron chi connectivity index (χ3n) is 9.20. The number of carbonyl (C=O) groups excluding carboxylic acids is 2. The monoisotopic (exact) mass is 800 g/mol. The van der Waals surface area contributed by atoms with E-state index in [0.29, 0.717) is 28.3 Å². The van der Waals surface area contributed by atoms with Crippen molar-refractivity contribution in [2.75, 3.05) is 70.8 Å². The van der Waals surface area contributed by atoms with Gasteiger partial charge in [0.15, 0.2) is 19.8 Å². The number of nitrogens with zero attached hydrogens (tertiary/aromatic N) is 4. The number of nitrogen functional groups attached to an aromatic ring is 1. The number of ether oxygens (including phenoxy) is 4. The lowest BCUT2D eigenvalue weighted by atomic mass is 10.1. The van der Waals surface area contributed by atoms with Gasteiger partial charge >= 0.3 is 6.09 Å². The summed E-state index contributed by atoms with van der Waals surface area (Å²) in [5.41, 5.74) is 7.06. The molecule has 2 aliphatic heterocycles. The number of benzene rings is 2. The molecule has 0 saturated heterocycles. The zero-order chi connectivity index (χ0) is 40.6. The third-order valence-corrected chi connectivity index (χ3v) is 15.7.